The first-order valence-electron chi connectivity index (χ1n) is 4.67. The fourth-order valence-corrected chi connectivity index (χ4v) is 2.65. The van der Waals surface area contributed by atoms with E-state index in [1.807, 2.05) is 12.1 Å². The molecule has 0 aliphatic heterocycles. The van der Waals surface area contributed by atoms with E-state index in [4.69, 9.17) is 23.2 Å². The van der Waals surface area contributed by atoms with Crippen LogP contribution in [0.4, 0.5) is 0 Å². The third-order valence-corrected chi connectivity index (χ3v) is 3.70. The fraction of sp³-hybridized carbons (Fsp3) is 0.600. The molecule has 0 saturated carbocycles. The number of alkyl halides is 1. The number of thiophene rings is 1. The lowest BCUT2D eigenvalue weighted by molar-refractivity contribution is 0.432. The second-order valence-electron chi connectivity index (χ2n) is 3.59. The average molecular weight is 252 g/mol. The molecule has 1 rings (SSSR count). The monoisotopic (exact) mass is 251 g/mol. The molecule has 4 heteroatoms. The Hall–Kier alpha value is 0.240. The normalized spacial score (nSPS) is 13.5. The molecule has 0 fully saturated rings. The minimum atomic E-state index is 0.373. The zero-order valence-corrected chi connectivity index (χ0v) is 10.7. The van der Waals surface area contributed by atoms with E-state index in [2.05, 4.69) is 19.2 Å². The zero-order valence-electron chi connectivity index (χ0n) is 8.39. The molecule has 1 atom stereocenters. The van der Waals surface area contributed by atoms with E-state index in [0.29, 0.717) is 17.8 Å². The molecule has 0 radical (unpaired) electrons. The van der Waals surface area contributed by atoms with Crippen LogP contribution in [0, 0.1) is 5.92 Å². The number of rotatable bonds is 5. The summed E-state index contributed by atoms with van der Waals surface area (Å²) in [6, 6.07) is 4.34. The zero-order chi connectivity index (χ0) is 10.6. The van der Waals surface area contributed by atoms with Crippen LogP contribution < -0.4 is 5.32 Å². The van der Waals surface area contributed by atoms with Gasteiger partial charge in [0, 0.05) is 23.3 Å². The van der Waals surface area contributed by atoms with Crippen molar-refractivity contribution >= 4 is 34.5 Å². The van der Waals surface area contributed by atoms with Crippen molar-refractivity contribution in [2.45, 2.75) is 26.4 Å². The van der Waals surface area contributed by atoms with Crippen LogP contribution in [0.2, 0.25) is 4.34 Å². The number of hydrogen-bond acceptors (Lipinski definition) is 2. The maximum Gasteiger partial charge on any atom is 0.0931 e. The average Bonchev–Trinajstić information content (AvgIpc) is 2.52. The van der Waals surface area contributed by atoms with Crippen molar-refractivity contribution in [1.82, 2.24) is 5.32 Å². The van der Waals surface area contributed by atoms with Gasteiger partial charge >= 0.3 is 0 Å². The van der Waals surface area contributed by atoms with Gasteiger partial charge < -0.3 is 5.32 Å². The third-order valence-electron chi connectivity index (χ3n) is 2.14. The van der Waals surface area contributed by atoms with Crippen LogP contribution in [0.25, 0.3) is 0 Å². The maximum absolute atomic E-state index is 5.85. The Morgan fingerprint density at radius 2 is 2.14 bits per heavy atom. The molecule has 1 unspecified atom stereocenters. The van der Waals surface area contributed by atoms with Gasteiger partial charge in [-0.15, -0.1) is 22.9 Å². The van der Waals surface area contributed by atoms with Crippen molar-refractivity contribution in [3.63, 3.8) is 0 Å². The van der Waals surface area contributed by atoms with Crippen LogP contribution in [-0.2, 0) is 6.54 Å². The Morgan fingerprint density at radius 3 is 2.57 bits per heavy atom. The van der Waals surface area contributed by atoms with E-state index in [1.54, 1.807) is 11.3 Å². The highest BCUT2D eigenvalue weighted by atomic mass is 35.5. The lowest BCUT2D eigenvalue weighted by atomic mass is 10.1. The predicted molar refractivity (Wildman–Crippen MR) is 65.5 cm³/mol. The molecule has 0 bridgehead atoms. The predicted octanol–water partition coefficient (Wildman–Crippen LogP) is 3.75. The molecular formula is C10H15Cl2NS. The van der Waals surface area contributed by atoms with Gasteiger partial charge in [-0.2, -0.15) is 0 Å². The van der Waals surface area contributed by atoms with Crippen molar-refractivity contribution in [2.75, 3.05) is 5.88 Å². The Labute approximate surface area is 99.4 Å². The van der Waals surface area contributed by atoms with E-state index in [1.165, 1.54) is 4.88 Å². The Balaban J connectivity index is 2.39. The number of nitrogens with one attached hydrogen (secondary N) is 1. The van der Waals surface area contributed by atoms with Crippen molar-refractivity contribution in [3.8, 4) is 0 Å². The summed E-state index contributed by atoms with van der Waals surface area (Å²) in [5.74, 6) is 1.21. The van der Waals surface area contributed by atoms with Gasteiger partial charge in [0.1, 0.15) is 0 Å². The van der Waals surface area contributed by atoms with Crippen molar-refractivity contribution in [2.24, 2.45) is 5.92 Å². The van der Waals surface area contributed by atoms with Crippen molar-refractivity contribution in [1.29, 1.82) is 0 Å². The minimum absolute atomic E-state index is 0.373. The molecule has 14 heavy (non-hydrogen) atoms. The van der Waals surface area contributed by atoms with E-state index in [0.717, 1.165) is 10.9 Å². The van der Waals surface area contributed by atoms with Crippen molar-refractivity contribution in [3.05, 3.63) is 21.3 Å². The lowest BCUT2D eigenvalue weighted by Gasteiger charge is -2.19. The Morgan fingerprint density at radius 1 is 1.43 bits per heavy atom. The Bertz CT molecular complexity index is 273. The van der Waals surface area contributed by atoms with Crippen LogP contribution in [0.5, 0.6) is 0 Å². The molecule has 0 saturated heterocycles. The second kappa shape index (κ2) is 5.96. The largest absolute Gasteiger partial charge is 0.308 e. The molecule has 0 amide bonds. The van der Waals surface area contributed by atoms with Crippen LogP contribution in [-0.4, -0.2) is 11.9 Å². The molecule has 1 heterocycles. The fourth-order valence-electron chi connectivity index (χ4n) is 1.15. The van der Waals surface area contributed by atoms with Gasteiger partial charge in [-0.1, -0.05) is 25.4 Å². The molecule has 80 valence electrons. The van der Waals surface area contributed by atoms with Gasteiger partial charge in [0.05, 0.1) is 4.34 Å². The SMILES string of the molecule is CC(C)C(CCl)NCc1ccc(Cl)s1. The highest BCUT2D eigenvalue weighted by Gasteiger charge is 2.11. The molecule has 0 aliphatic rings. The van der Waals surface area contributed by atoms with E-state index in [9.17, 15) is 0 Å². The molecular weight excluding hydrogens is 237 g/mol. The topological polar surface area (TPSA) is 12.0 Å². The van der Waals surface area contributed by atoms with E-state index >= 15 is 0 Å². The summed E-state index contributed by atoms with van der Waals surface area (Å²) in [6.07, 6.45) is 0. The summed E-state index contributed by atoms with van der Waals surface area (Å²) in [6.45, 7) is 5.19. The van der Waals surface area contributed by atoms with Gasteiger partial charge in [-0.3, -0.25) is 0 Å². The Kier molecular flexibility index (Phi) is 5.24. The van der Waals surface area contributed by atoms with Crippen molar-refractivity contribution < 1.29 is 0 Å². The maximum atomic E-state index is 5.85. The standard InChI is InChI=1S/C10H15Cl2NS/c1-7(2)9(5-11)13-6-8-3-4-10(12)14-8/h3-4,7,9,13H,5-6H2,1-2H3. The van der Waals surface area contributed by atoms with E-state index < -0.39 is 0 Å². The van der Waals surface area contributed by atoms with Crippen LogP contribution >= 0.6 is 34.5 Å². The number of halogens is 2. The van der Waals surface area contributed by atoms with Gasteiger partial charge in [-0.05, 0) is 18.1 Å². The molecule has 0 aliphatic carbocycles. The van der Waals surface area contributed by atoms with Crippen LogP contribution in [0.15, 0.2) is 12.1 Å². The van der Waals surface area contributed by atoms with Gasteiger partial charge in [-0.25, -0.2) is 0 Å². The smallest absolute Gasteiger partial charge is 0.0931 e. The molecule has 1 aromatic rings. The highest BCUT2D eigenvalue weighted by molar-refractivity contribution is 7.16. The van der Waals surface area contributed by atoms with Gasteiger partial charge in [0.25, 0.3) is 0 Å². The summed E-state index contributed by atoms with van der Waals surface area (Å²) in [7, 11) is 0. The molecule has 0 spiro atoms. The molecule has 1 aromatic heterocycles. The summed E-state index contributed by atoms with van der Waals surface area (Å²) in [5, 5.41) is 3.42. The molecule has 0 aromatic carbocycles. The van der Waals surface area contributed by atoms with E-state index in [-0.39, 0.29) is 0 Å². The summed E-state index contributed by atoms with van der Waals surface area (Å²) < 4.78 is 0.841. The van der Waals surface area contributed by atoms with Crippen LogP contribution in [0.3, 0.4) is 0 Å². The minimum Gasteiger partial charge on any atom is -0.308 e. The first kappa shape index (κ1) is 12.3. The quantitative estimate of drug-likeness (QED) is 0.787. The lowest BCUT2D eigenvalue weighted by Crippen LogP contribution is -2.34. The second-order valence-corrected chi connectivity index (χ2v) is 5.70. The van der Waals surface area contributed by atoms with Crippen LogP contribution in [0.1, 0.15) is 18.7 Å². The van der Waals surface area contributed by atoms with Gasteiger partial charge in [0.2, 0.25) is 0 Å². The summed E-state index contributed by atoms with van der Waals surface area (Å²) >= 11 is 13.3. The summed E-state index contributed by atoms with van der Waals surface area (Å²) in [5.41, 5.74) is 0. The summed E-state index contributed by atoms with van der Waals surface area (Å²) in [4.78, 5) is 1.26. The first-order valence-corrected chi connectivity index (χ1v) is 6.40. The first-order chi connectivity index (χ1) is 6.63. The number of hydrogen-bond donors (Lipinski definition) is 1. The van der Waals surface area contributed by atoms with Gasteiger partial charge in [0.15, 0.2) is 0 Å². The third kappa shape index (κ3) is 3.77. The molecule has 1 nitrogen and oxygen atoms in total. The molecule has 1 N–H and O–H groups in total. The highest BCUT2D eigenvalue weighted by Crippen LogP contribution is 2.21.